The van der Waals surface area contributed by atoms with Gasteiger partial charge in [0.1, 0.15) is 6.10 Å². The lowest BCUT2D eigenvalue weighted by atomic mass is 9.92. The normalized spacial score (nSPS) is 19.9. The van der Waals surface area contributed by atoms with E-state index in [9.17, 15) is 18.0 Å². The lowest BCUT2D eigenvalue weighted by molar-refractivity contribution is -0.137. The van der Waals surface area contributed by atoms with E-state index in [2.05, 4.69) is 10.3 Å². The van der Waals surface area contributed by atoms with Crippen molar-refractivity contribution in [3.05, 3.63) is 58.7 Å². The zero-order chi connectivity index (χ0) is 20.1. The molecule has 1 aromatic carbocycles. The average molecular weight is 413 g/mol. The molecule has 3 rings (SSSR count). The Kier molecular flexibility index (Phi) is 6.44. The van der Waals surface area contributed by atoms with E-state index in [1.807, 2.05) is 0 Å². The molecule has 8 heteroatoms. The van der Waals surface area contributed by atoms with Gasteiger partial charge in [-0.15, -0.1) is 0 Å². The second-order valence-corrected chi connectivity index (χ2v) is 7.29. The molecule has 1 amide bonds. The van der Waals surface area contributed by atoms with Gasteiger partial charge in [0.15, 0.2) is 0 Å². The van der Waals surface area contributed by atoms with Crippen molar-refractivity contribution in [1.82, 2.24) is 10.3 Å². The van der Waals surface area contributed by atoms with Crippen LogP contribution < -0.4 is 10.1 Å². The molecule has 1 saturated carbocycles. The van der Waals surface area contributed by atoms with Crippen LogP contribution in [0.25, 0.3) is 0 Å². The molecule has 0 saturated heterocycles. The maximum Gasteiger partial charge on any atom is 0.416 e. The monoisotopic (exact) mass is 412 g/mol. The standard InChI is InChI=1S/C20H20ClF3N2O2/c21-15-4-9-19(25-12-15)28-17-7-5-16(6-8-17)26-18(27)11-13-2-1-3-14(10-13)20(22,23)24/h1-4,9-10,12,16-17H,5-8,11H2,(H,26,27). The highest BCUT2D eigenvalue weighted by Gasteiger charge is 2.30. The van der Waals surface area contributed by atoms with E-state index >= 15 is 0 Å². The summed E-state index contributed by atoms with van der Waals surface area (Å²) in [6.45, 7) is 0. The van der Waals surface area contributed by atoms with Crippen LogP contribution in [0, 0.1) is 0 Å². The number of alkyl halides is 3. The van der Waals surface area contributed by atoms with Gasteiger partial charge in [-0.05, 0) is 43.4 Å². The van der Waals surface area contributed by atoms with Crippen LogP contribution in [0.1, 0.15) is 36.8 Å². The molecule has 0 radical (unpaired) electrons. The molecule has 1 heterocycles. The molecule has 0 bridgehead atoms. The number of nitrogens with one attached hydrogen (secondary N) is 1. The van der Waals surface area contributed by atoms with Crippen molar-refractivity contribution in [3.8, 4) is 5.88 Å². The summed E-state index contributed by atoms with van der Waals surface area (Å²) in [5, 5.41) is 3.45. The molecule has 28 heavy (non-hydrogen) atoms. The van der Waals surface area contributed by atoms with E-state index in [-0.39, 0.29) is 24.5 Å². The number of aromatic nitrogens is 1. The van der Waals surface area contributed by atoms with E-state index in [1.165, 1.54) is 18.3 Å². The SMILES string of the molecule is O=C(Cc1cccc(C(F)(F)F)c1)NC1CCC(Oc2ccc(Cl)cn2)CC1. The Morgan fingerprint density at radius 2 is 1.93 bits per heavy atom. The average Bonchev–Trinajstić information content (AvgIpc) is 2.65. The van der Waals surface area contributed by atoms with E-state index in [4.69, 9.17) is 16.3 Å². The second-order valence-electron chi connectivity index (χ2n) is 6.85. The number of benzene rings is 1. The first kappa shape index (κ1) is 20.5. The number of hydrogen-bond donors (Lipinski definition) is 1. The number of amides is 1. The first-order chi connectivity index (χ1) is 13.3. The topological polar surface area (TPSA) is 51.2 Å². The Hall–Kier alpha value is -2.28. The van der Waals surface area contributed by atoms with Gasteiger partial charge >= 0.3 is 6.18 Å². The van der Waals surface area contributed by atoms with Gasteiger partial charge in [0.25, 0.3) is 0 Å². The highest BCUT2D eigenvalue weighted by atomic mass is 35.5. The Morgan fingerprint density at radius 1 is 1.18 bits per heavy atom. The van der Waals surface area contributed by atoms with Gasteiger partial charge < -0.3 is 10.1 Å². The van der Waals surface area contributed by atoms with Gasteiger partial charge in [-0.2, -0.15) is 13.2 Å². The van der Waals surface area contributed by atoms with Crippen LogP contribution in [0.2, 0.25) is 5.02 Å². The van der Waals surface area contributed by atoms with Crippen molar-refractivity contribution in [1.29, 1.82) is 0 Å². The number of nitrogens with zero attached hydrogens (tertiary/aromatic N) is 1. The van der Waals surface area contributed by atoms with Crippen molar-refractivity contribution in [2.75, 3.05) is 0 Å². The first-order valence-corrected chi connectivity index (χ1v) is 9.41. The summed E-state index contributed by atoms with van der Waals surface area (Å²) in [6.07, 6.45) is 0.0666. The van der Waals surface area contributed by atoms with Gasteiger partial charge in [-0.3, -0.25) is 4.79 Å². The minimum absolute atomic E-state index is 0.00340. The Morgan fingerprint density at radius 3 is 2.57 bits per heavy atom. The summed E-state index contributed by atoms with van der Waals surface area (Å²) >= 11 is 5.80. The maximum atomic E-state index is 12.8. The summed E-state index contributed by atoms with van der Waals surface area (Å²) in [7, 11) is 0. The largest absolute Gasteiger partial charge is 0.474 e. The van der Waals surface area contributed by atoms with E-state index in [0.717, 1.165) is 37.8 Å². The number of carbonyl (C=O) groups excluding carboxylic acids is 1. The lowest BCUT2D eigenvalue weighted by Crippen LogP contribution is -2.40. The van der Waals surface area contributed by atoms with Crippen molar-refractivity contribution >= 4 is 17.5 Å². The Labute approximate surface area is 166 Å². The number of rotatable bonds is 5. The van der Waals surface area contributed by atoms with Gasteiger partial charge in [0.2, 0.25) is 11.8 Å². The maximum absolute atomic E-state index is 12.8. The number of ether oxygens (including phenoxy) is 1. The van der Waals surface area contributed by atoms with Crippen LogP contribution in [0.4, 0.5) is 13.2 Å². The molecule has 0 aliphatic heterocycles. The van der Waals surface area contributed by atoms with Crippen LogP contribution >= 0.6 is 11.6 Å². The van der Waals surface area contributed by atoms with E-state index < -0.39 is 11.7 Å². The van der Waals surface area contributed by atoms with E-state index in [0.29, 0.717) is 16.5 Å². The molecule has 0 unspecified atom stereocenters. The molecule has 1 fully saturated rings. The van der Waals surface area contributed by atoms with Crippen LogP contribution in [0.3, 0.4) is 0 Å². The van der Waals surface area contributed by atoms with Crippen molar-refractivity contribution in [2.24, 2.45) is 0 Å². The zero-order valence-electron chi connectivity index (χ0n) is 15.0. The van der Waals surface area contributed by atoms with Crippen LogP contribution in [-0.4, -0.2) is 23.0 Å². The van der Waals surface area contributed by atoms with Crippen molar-refractivity contribution < 1.29 is 22.7 Å². The molecule has 0 atom stereocenters. The highest BCUT2D eigenvalue weighted by Crippen LogP contribution is 2.29. The fraction of sp³-hybridized carbons (Fsp3) is 0.400. The third-order valence-corrected chi connectivity index (χ3v) is 4.87. The van der Waals surface area contributed by atoms with Crippen molar-refractivity contribution in [3.63, 3.8) is 0 Å². The van der Waals surface area contributed by atoms with Crippen LogP contribution in [-0.2, 0) is 17.4 Å². The number of carbonyl (C=O) groups is 1. The number of halogens is 4. The van der Waals surface area contributed by atoms with Gasteiger partial charge in [0, 0.05) is 18.3 Å². The quantitative estimate of drug-likeness (QED) is 0.767. The summed E-state index contributed by atoms with van der Waals surface area (Å²) in [5.74, 6) is 0.240. The van der Waals surface area contributed by atoms with Gasteiger partial charge in [0.05, 0.1) is 17.0 Å². The molecule has 2 aromatic rings. The molecule has 1 aliphatic rings. The summed E-state index contributed by atoms with van der Waals surface area (Å²) in [5.41, 5.74) is -0.399. The smallest absolute Gasteiger partial charge is 0.416 e. The summed E-state index contributed by atoms with van der Waals surface area (Å²) in [4.78, 5) is 16.3. The Bertz CT molecular complexity index is 804. The predicted molar refractivity (Wildman–Crippen MR) is 99.2 cm³/mol. The minimum Gasteiger partial charge on any atom is -0.474 e. The molecule has 0 spiro atoms. The third-order valence-electron chi connectivity index (χ3n) is 4.65. The van der Waals surface area contributed by atoms with Crippen LogP contribution in [0.15, 0.2) is 42.6 Å². The Balaban J connectivity index is 1.45. The minimum atomic E-state index is -4.41. The zero-order valence-corrected chi connectivity index (χ0v) is 15.8. The molecule has 1 aromatic heterocycles. The lowest BCUT2D eigenvalue weighted by Gasteiger charge is -2.29. The molecular formula is C20H20ClF3N2O2. The number of hydrogen-bond acceptors (Lipinski definition) is 3. The fourth-order valence-corrected chi connectivity index (χ4v) is 3.36. The molecule has 150 valence electrons. The van der Waals surface area contributed by atoms with E-state index in [1.54, 1.807) is 12.1 Å². The first-order valence-electron chi connectivity index (χ1n) is 9.03. The summed E-state index contributed by atoms with van der Waals surface area (Å²) < 4.78 is 44.1. The fourth-order valence-electron chi connectivity index (χ4n) is 3.25. The predicted octanol–water partition coefficient (Wildman–Crippen LogP) is 4.80. The highest BCUT2D eigenvalue weighted by molar-refractivity contribution is 6.30. The van der Waals surface area contributed by atoms with Gasteiger partial charge in [-0.1, -0.05) is 29.8 Å². The van der Waals surface area contributed by atoms with Crippen molar-refractivity contribution in [2.45, 2.75) is 50.4 Å². The number of pyridine rings is 1. The second kappa shape index (κ2) is 8.82. The molecular weight excluding hydrogens is 393 g/mol. The molecule has 1 aliphatic carbocycles. The molecule has 1 N–H and O–H groups in total. The van der Waals surface area contributed by atoms with Crippen LogP contribution in [0.5, 0.6) is 5.88 Å². The third kappa shape index (κ3) is 5.86. The van der Waals surface area contributed by atoms with Gasteiger partial charge in [-0.25, -0.2) is 4.98 Å². The summed E-state index contributed by atoms with van der Waals surface area (Å²) in [6, 6.07) is 8.28. The molecule has 4 nitrogen and oxygen atoms in total.